The van der Waals surface area contributed by atoms with Crippen LogP contribution in [0.25, 0.3) is 0 Å². The number of esters is 1. The van der Waals surface area contributed by atoms with E-state index in [2.05, 4.69) is 120 Å². The molecule has 0 aliphatic heterocycles. The lowest BCUT2D eigenvalue weighted by Crippen LogP contribution is -2.57. The second kappa shape index (κ2) is 17.0. The molecule has 0 bridgehead atoms. The quantitative estimate of drug-likeness (QED) is 0.0838. The Bertz CT molecular complexity index is 1770. The predicted molar refractivity (Wildman–Crippen MR) is 207 cm³/mol. The van der Waals surface area contributed by atoms with Gasteiger partial charge in [-0.25, -0.2) is 0 Å². The van der Waals surface area contributed by atoms with Crippen LogP contribution < -0.4 is 10.6 Å². The molecule has 0 fully saturated rings. The highest BCUT2D eigenvalue weighted by Gasteiger charge is 2.43. The molecular formula is C45H42N2O3S. The number of carbonyl (C=O) groups excluding carboxylic acids is 2. The third-order valence-electron chi connectivity index (χ3n) is 9.05. The second-order valence-corrected chi connectivity index (χ2v) is 13.4. The van der Waals surface area contributed by atoms with E-state index in [0.29, 0.717) is 5.75 Å². The molecule has 0 aliphatic carbocycles. The number of rotatable bonds is 15. The van der Waals surface area contributed by atoms with Gasteiger partial charge in [-0.05, 0) is 40.3 Å². The fourth-order valence-electron chi connectivity index (χ4n) is 6.73. The molecule has 5 nitrogen and oxygen atoms in total. The molecule has 0 saturated heterocycles. The van der Waals surface area contributed by atoms with E-state index in [1.54, 1.807) is 18.7 Å². The first-order chi connectivity index (χ1) is 25.1. The molecular weight excluding hydrogens is 649 g/mol. The summed E-state index contributed by atoms with van der Waals surface area (Å²) in [5.74, 6) is -0.433. The van der Waals surface area contributed by atoms with Gasteiger partial charge in [-0.1, -0.05) is 182 Å². The molecule has 0 unspecified atom stereocenters. The minimum atomic E-state index is -0.925. The van der Waals surface area contributed by atoms with Crippen molar-refractivity contribution in [2.45, 2.75) is 23.3 Å². The molecule has 0 heterocycles. The van der Waals surface area contributed by atoms with E-state index in [-0.39, 0.29) is 19.1 Å². The van der Waals surface area contributed by atoms with Crippen molar-refractivity contribution in [1.82, 2.24) is 10.6 Å². The number of hydrogen-bond donors (Lipinski definition) is 2. The topological polar surface area (TPSA) is 67.4 Å². The van der Waals surface area contributed by atoms with Gasteiger partial charge in [0.05, 0.1) is 22.9 Å². The van der Waals surface area contributed by atoms with Crippen LogP contribution in [0.1, 0.15) is 40.3 Å². The van der Waals surface area contributed by atoms with Crippen LogP contribution >= 0.6 is 11.8 Å². The molecule has 6 aromatic rings. The monoisotopic (exact) mass is 690 g/mol. The van der Waals surface area contributed by atoms with Crippen LogP contribution in [0, 0.1) is 0 Å². The maximum Gasteiger partial charge on any atom is 0.325 e. The fraction of sp³-hybridized carbons (Fsp3) is 0.156. The fourth-order valence-corrected chi connectivity index (χ4v) is 8.29. The van der Waals surface area contributed by atoms with Crippen molar-refractivity contribution in [3.8, 4) is 0 Å². The average Bonchev–Trinajstić information content (AvgIpc) is 3.21. The standard InChI is InChI=1S/C45H42N2O3S/c1-2-50-42(48)33-46-43(49)41(47-44(35-21-9-3-10-22-35,36-23-11-4-12-24-36)37-25-13-5-14-26-37)34-51-45(38-27-15-6-16-28-38,39-29-17-7-18-30-39)40-31-19-8-20-32-40/h3-32,41,47H,2,33-34H2,1H3,(H,46,49)/t41-/m0/s1. The predicted octanol–water partition coefficient (Wildman–Crippen LogP) is 8.34. The van der Waals surface area contributed by atoms with E-state index in [9.17, 15) is 9.59 Å². The Morgan fingerprint density at radius 2 is 0.882 bits per heavy atom. The molecule has 6 aromatic carbocycles. The third-order valence-corrected chi connectivity index (χ3v) is 10.7. The Hall–Kier alpha value is -5.43. The van der Waals surface area contributed by atoms with E-state index >= 15 is 0 Å². The zero-order chi connectivity index (χ0) is 35.4. The van der Waals surface area contributed by atoms with Gasteiger partial charge in [0.15, 0.2) is 0 Å². The summed E-state index contributed by atoms with van der Waals surface area (Å²) in [5, 5.41) is 6.82. The minimum Gasteiger partial charge on any atom is -0.465 e. The number of ether oxygens (including phenoxy) is 1. The van der Waals surface area contributed by atoms with Crippen molar-refractivity contribution < 1.29 is 14.3 Å². The maximum absolute atomic E-state index is 14.6. The Kier molecular flexibility index (Phi) is 11.8. The molecule has 6 rings (SSSR count). The number of carbonyl (C=O) groups is 2. The van der Waals surface area contributed by atoms with Crippen LogP contribution in [-0.4, -0.2) is 36.8 Å². The van der Waals surface area contributed by atoms with Gasteiger partial charge in [0, 0.05) is 5.75 Å². The lowest BCUT2D eigenvalue weighted by atomic mass is 9.76. The SMILES string of the molecule is CCOC(=O)CNC(=O)[C@H](CSC(c1ccccc1)(c1ccccc1)c1ccccc1)NC(c1ccccc1)(c1ccccc1)c1ccccc1. The molecule has 6 heteroatoms. The van der Waals surface area contributed by atoms with Crippen molar-refractivity contribution in [2.75, 3.05) is 18.9 Å². The van der Waals surface area contributed by atoms with Crippen LogP contribution in [0.2, 0.25) is 0 Å². The zero-order valence-corrected chi connectivity index (χ0v) is 29.5. The summed E-state index contributed by atoms with van der Waals surface area (Å²) in [7, 11) is 0. The van der Waals surface area contributed by atoms with Crippen molar-refractivity contribution in [3.05, 3.63) is 215 Å². The highest BCUT2D eigenvalue weighted by Crippen LogP contribution is 2.49. The van der Waals surface area contributed by atoms with Gasteiger partial charge >= 0.3 is 5.97 Å². The van der Waals surface area contributed by atoms with Crippen molar-refractivity contribution in [3.63, 3.8) is 0 Å². The van der Waals surface area contributed by atoms with Crippen LogP contribution in [0.4, 0.5) is 0 Å². The summed E-state index contributed by atoms with van der Waals surface area (Å²) in [5.41, 5.74) is 5.31. The van der Waals surface area contributed by atoms with E-state index in [1.807, 2.05) is 72.8 Å². The normalized spacial score (nSPS) is 12.1. The first kappa shape index (κ1) is 35.4. The summed E-state index contributed by atoms with van der Waals surface area (Å²) in [6.07, 6.45) is 0. The molecule has 1 amide bonds. The highest BCUT2D eigenvalue weighted by molar-refractivity contribution is 8.00. The van der Waals surface area contributed by atoms with Crippen LogP contribution in [0.15, 0.2) is 182 Å². The molecule has 1 atom stereocenters. The number of amides is 1. The van der Waals surface area contributed by atoms with Gasteiger partial charge in [-0.2, -0.15) is 0 Å². The molecule has 256 valence electrons. The van der Waals surface area contributed by atoms with Gasteiger partial charge in [-0.3, -0.25) is 14.9 Å². The number of benzene rings is 6. The van der Waals surface area contributed by atoms with Crippen LogP contribution in [0.5, 0.6) is 0 Å². The number of nitrogens with one attached hydrogen (secondary N) is 2. The van der Waals surface area contributed by atoms with Gasteiger partial charge in [0.1, 0.15) is 6.54 Å². The molecule has 2 N–H and O–H groups in total. The molecule has 0 aliphatic rings. The van der Waals surface area contributed by atoms with Gasteiger partial charge < -0.3 is 10.1 Å². The van der Waals surface area contributed by atoms with Crippen molar-refractivity contribution >= 4 is 23.6 Å². The van der Waals surface area contributed by atoms with Gasteiger partial charge in [0.25, 0.3) is 0 Å². The van der Waals surface area contributed by atoms with E-state index in [0.717, 1.165) is 33.4 Å². The number of hydrogen-bond acceptors (Lipinski definition) is 5. The van der Waals surface area contributed by atoms with Crippen molar-refractivity contribution in [1.29, 1.82) is 0 Å². The summed E-state index contributed by atoms with van der Waals surface area (Å²) >= 11 is 1.70. The molecule has 0 saturated carbocycles. The first-order valence-electron chi connectivity index (χ1n) is 17.3. The van der Waals surface area contributed by atoms with E-state index in [4.69, 9.17) is 4.74 Å². The average molecular weight is 691 g/mol. The zero-order valence-electron chi connectivity index (χ0n) is 28.7. The summed E-state index contributed by atoms with van der Waals surface area (Å²) in [6, 6.07) is 61.2. The third kappa shape index (κ3) is 7.83. The Morgan fingerprint density at radius 3 is 1.22 bits per heavy atom. The summed E-state index contributed by atoms with van der Waals surface area (Å²) < 4.78 is 4.52. The lowest BCUT2D eigenvalue weighted by molar-refractivity contribution is -0.143. The molecule has 0 aromatic heterocycles. The van der Waals surface area contributed by atoms with Crippen LogP contribution in [-0.2, 0) is 24.6 Å². The Morgan fingerprint density at radius 1 is 0.549 bits per heavy atom. The number of thioether (sulfide) groups is 1. The Balaban J connectivity index is 1.52. The Labute approximate surface area is 305 Å². The summed E-state index contributed by atoms with van der Waals surface area (Å²) in [4.78, 5) is 27.1. The van der Waals surface area contributed by atoms with E-state index < -0.39 is 22.3 Å². The highest BCUT2D eigenvalue weighted by atomic mass is 32.2. The van der Waals surface area contributed by atoms with Gasteiger partial charge in [0.2, 0.25) is 5.91 Å². The van der Waals surface area contributed by atoms with Crippen LogP contribution in [0.3, 0.4) is 0 Å². The smallest absolute Gasteiger partial charge is 0.325 e. The van der Waals surface area contributed by atoms with E-state index in [1.165, 1.54) is 0 Å². The largest absolute Gasteiger partial charge is 0.465 e. The van der Waals surface area contributed by atoms with Gasteiger partial charge in [-0.15, -0.1) is 11.8 Å². The molecule has 51 heavy (non-hydrogen) atoms. The summed E-state index contributed by atoms with van der Waals surface area (Å²) in [6.45, 7) is 1.76. The molecule has 0 spiro atoms. The first-order valence-corrected chi connectivity index (χ1v) is 18.2. The van der Waals surface area contributed by atoms with Crippen molar-refractivity contribution in [2.24, 2.45) is 0 Å². The lowest BCUT2D eigenvalue weighted by Gasteiger charge is -2.41. The maximum atomic E-state index is 14.6. The molecule has 0 radical (unpaired) electrons. The minimum absolute atomic E-state index is 0.230. The second-order valence-electron chi connectivity index (χ2n) is 12.2.